The Morgan fingerprint density at radius 2 is 1.57 bits per heavy atom. The zero-order valence-corrected chi connectivity index (χ0v) is 18.9. The maximum atomic E-state index is 14.1. The number of Topliss-reactive ketones (excluding diaryl/α,β-unsaturated/α-hetero) is 1. The number of methoxy groups -OCH3 is 1. The van der Waals surface area contributed by atoms with Crippen LogP contribution in [0.1, 0.15) is 35.1 Å². The fourth-order valence-corrected chi connectivity index (χ4v) is 6.57. The van der Waals surface area contributed by atoms with Crippen LogP contribution in [0.4, 0.5) is 11.4 Å². The molecule has 0 saturated carbocycles. The third kappa shape index (κ3) is 2.43. The number of amides is 2. The standard InChI is InChI=1S/C27H20N2O6/c1-14(30)27-18-9-5-3-7-16(18)22(17-8-4-6-10-19(17)27)23-24(27)26(32)28(25(23)31)20-13-15(29(33)34)11-12-21(20)35-2/h3-13,22-24H,1-2H3. The van der Waals surface area contributed by atoms with E-state index < -0.39 is 39.9 Å². The molecule has 1 aliphatic heterocycles. The number of benzene rings is 3. The number of anilines is 1. The van der Waals surface area contributed by atoms with E-state index in [1.807, 2.05) is 48.5 Å². The number of ether oxygens (including phenoxy) is 1. The van der Waals surface area contributed by atoms with Gasteiger partial charge in [0.25, 0.3) is 5.69 Å². The normalized spacial score (nSPS) is 25.7. The number of nitro groups is 1. The van der Waals surface area contributed by atoms with E-state index >= 15 is 0 Å². The van der Waals surface area contributed by atoms with Gasteiger partial charge in [-0.3, -0.25) is 24.5 Å². The molecule has 2 amide bonds. The van der Waals surface area contributed by atoms with Crippen LogP contribution in [0.3, 0.4) is 0 Å². The van der Waals surface area contributed by atoms with Crippen LogP contribution in [0.15, 0.2) is 66.7 Å². The molecule has 8 heteroatoms. The first kappa shape index (κ1) is 21.2. The van der Waals surface area contributed by atoms with Crippen molar-refractivity contribution in [3.05, 3.63) is 99.1 Å². The van der Waals surface area contributed by atoms with Crippen LogP contribution >= 0.6 is 0 Å². The minimum Gasteiger partial charge on any atom is -0.495 e. The highest BCUT2D eigenvalue weighted by Crippen LogP contribution is 2.64. The largest absolute Gasteiger partial charge is 0.495 e. The SMILES string of the molecule is COc1ccc([N+](=O)[O-])cc1N1C(=O)C2C3c4ccccc4C(C(C)=O)(c4ccccc43)C2C1=O. The molecule has 3 aromatic carbocycles. The second kappa shape index (κ2) is 7.09. The van der Waals surface area contributed by atoms with Crippen LogP contribution in [-0.4, -0.2) is 29.6 Å². The lowest BCUT2D eigenvalue weighted by atomic mass is 9.46. The fraction of sp³-hybridized carbons (Fsp3) is 0.222. The van der Waals surface area contributed by atoms with Gasteiger partial charge >= 0.3 is 0 Å². The summed E-state index contributed by atoms with van der Waals surface area (Å²) in [5.74, 6) is -3.30. The molecule has 8 nitrogen and oxygen atoms in total. The molecule has 3 aliphatic carbocycles. The van der Waals surface area contributed by atoms with Crippen LogP contribution in [0.2, 0.25) is 0 Å². The molecular weight excluding hydrogens is 448 g/mol. The summed E-state index contributed by atoms with van der Waals surface area (Å²) in [7, 11) is 1.37. The van der Waals surface area contributed by atoms with Gasteiger partial charge in [-0.1, -0.05) is 48.5 Å². The summed E-state index contributed by atoms with van der Waals surface area (Å²) in [6, 6.07) is 18.8. The maximum absolute atomic E-state index is 14.1. The van der Waals surface area contributed by atoms with Gasteiger partial charge in [-0.25, -0.2) is 4.90 Å². The van der Waals surface area contributed by atoms with Gasteiger partial charge in [-0.15, -0.1) is 0 Å². The van der Waals surface area contributed by atoms with Crippen molar-refractivity contribution in [2.45, 2.75) is 18.3 Å². The summed E-state index contributed by atoms with van der Waals surface area (Å²) in [6.45, 7) is 1.46. The van der Waals surface area contributed by atoms with Gasteiger partial charge in [0.05, 0.1) is 29.3 Å². The van der Waals surface area contributed by atoms with Gasteiger partial charge in [0, 0.05) is 18.1 Å². The third-order valence-electron chi connectivity index (χ3n) is 7.79. The molecule has 3 aromatic rings. The summed E-state index contributed by atoms with van der Waals surface area (Å²) in [4.78, 5) is 53.7. The molecule has 1 heterocycles. The molecule has 1 fully saturated rings. The van der Waals surface area contributed by atoms with Crippen LogP contribution in [0.5, 0.6) is 5.75 Å². The van der Waals surface area contributed by atoms with Gasteiger partial charge in [0.1, 0.15) is 17.2 Å². The van der Waals surface area contributed by atoms with Crippen LogP contribution in [0.25, 0.3) is 0 Å². The number of nitro benzene ring substituents is 1. The molecule has 0 aromatic heterocycles. The number of rotatable bonds is 4. The zero-order chi connectivity index (χ0) is 24.6. The van der Waals surface area contributed by atoms with E-state index in [0.717, 1.165) is 27.2 Å². The highest BCUT2D eigenvalue weighted by atomic mass is 16.6. The Labute approximate surface area is 200 Å². The predicted octanol–water partition coefficient (Wildman–Crippen LogP) is 3.74. The van der Waals surface area contributed by atoms with Crippen LogP contribution < -0.4 is 9.64 Å². The lowest BCUT2D eigenvalue weighted by Crippen LogP contribution is -2.57. The summed E-state index contributed by atoms with van der Waals surface area (Å²) < 4.78 is 5.37. The number of imide groups is 1. The molecule has 2 bridgehead atoms. The average Bonchev–Trinajstić information content (AvgIpc) is 3.13. The van der Waals surface area contributed by atoms with Crippen molar-refractivity contribution < 1.29 is 24.0 Å². The Balaban J connectivity index is 1.65. The quantitative estimate of drug-likeness (QED) is 0.328. The predicted molar refractivity (Wildman–Crippen MR) is 125 cm³/mol. The van der Waals surface area contributed by atoms with Crippen molar-refractivity contribution >= 4 is 29.0 Å². The third-order valence-corrected chi connectivity index (χ3v) is 7.79. The number of nitrogens with zero attached hydrogens (tertiary/aromatic N) is 2. The number of carbonyl (C=O) groups excluding carboxylic acids is 3. The van der Waals surface area contributed by atoms with Crippen molar-refractivity contribution in [1.82, 2.24) is 0 Å². The zero-order valence-electron chi connectivity index (χ0n) is 18.9. The van der Waals surface area contributed by atoms with E-state index in [4.69, 9.17) is 4.74 Å². The number of hydrogen-bond donors (Lipinski definition) is 0. The Bertz CT molecular complexity index is 1430. The van der Waals surface area contributed by atoms with Gasteiger partial charge in [-0.05, 0) is 35.2 Å². The highest BCUT2D eigenvalue weighted by Gasteiger charge is 2.70. The van der Waals surface area contributed by atoms with Crippen molar-refractivity contribution in [3.8, 4) is 5.75 Å². The maximum Gasteiger partial charge on any atom is 0.271 e. The number of hydrogen-bond acceptors (Lipinski definition) is 6. The van der Waals surface area contributed by atoms with Crippen molar-refractivity contribution in [3.63, 3.8) is 0 Å². The molecule has 2 unspecified atom stereocenters. The molecule has 1 saturated heterocycles. The monoisotopic (exact) mass is 468 g/mol. The van der Waals surface area contributed by atoms with E-state index in [2.05, 4.69) is 0 Å². The van der Waals surface area contributed by atoms with Crippen molar-refractivity contribution in [1.29, 1.82) is 0 Å². The first-order valence-electron chi connectivity index (χ1n) is 11.2. The molecule has 7 rings (SSSR count). The van der Waals surface area contributed by atoms with E-state index in [0.29, 0.717) is 0 Å². The summed E-state index contributed by atoms with van der Waals surface area (Å²) in [5, 5.41) is 11.5. The first-order valence-corrected chi connectivity index (χ1v) is 11.2. The van der Waals surface area contributed by atoms with E-state index in [-0.39, 0.29) is 22.9 Å². The van der Waals surface area contributed by atoms with Gasteiger partial charge in [0.2, 0.25) is 11.8 Å². The lowest BCUT2D eigenvalue weighted by molar-refractivity contribution is -0.384. The second-order valence-corrected chi connectivity index (χ2v) is 9.14. The minimum atomic E-state index is -1.33. The molecule has 174 valence electrons. The highest BCUT2D eigenvalue weighted by molar-refractivity contribution is 6.26. The summed E-state index contributed by atoms with van der Waals surface area (Å²) in [5.41, 5.74) is 1.61. The molecule has 35 heavy (non-hydrogen) atoms. The Kier molecular flexibility index (Phi) is 4.30. The Morgan fingerprint density at radius 1 is 0.971 bits per heavy atom. The minimum absolute atomic E-state index is 0.0114. The Hall–Kier alpha value is -4.33. The smallest absolute Gasteiger partial charge is 0.271 e. The number of carbonyl (C=O) groups is 3. The topological polar surface area (TPSA) is 107 Å². The molecule has 0 N–H and O–H groups in total. The van der Waals surface area contributed by atoms with Crippen LogP contribution in [-0.2, 0) is 19.8 Å². The molecular formula is C27H20N2O6. The van der Waals surface area contributed by atoms with Crippen molar-refractivity contribution in [2.24, 2.45) is 11.8 Å². The number of ketones is 1. The lowest BCUT2D eigenvalue weighted by Gasteiger charge is -2.52. The van der Waals surface area contributed by atoms with Gasteiger partial charge in [-0.2, -0.15) is 0 Å². The molecule has 0 radical (unpaired) electrons. The molecule has 2 atom stereocenters. The van der Waals surface area contributed by atoms with Gasteiger partial charge < -0.3 is 4.74 Å². The van der Waals surface area contributed by atoms with Crippen LogP contribution in [0, 0.1) is 22.0 Å². The van der Waals surface area contributed by atoms with E-state index in [1.54, 1.807) is 0 Å². The molecule has 4 aliphatic rings. The average molecular weight is 468 g/mol. The summed E-state index contributed by atoms with van der Waals surface area (Å²) in [6.07, 6.45) is 0. The molecule has 0 spiro atoms. The van der Waals surface area contributed by atoms with Crippen molar-refractivity contribution in [2.75, 3.05) is 12.0 Å². The summed E-state index contributed by atoms with van der Waals surface area (Å²) >= 11 is 0. The second-order valence-electron chi connectivity index (χ2n) is 9.14. The van der Waals surface area contributed by atoms with Gasteiger partial charge in [0.15, 0.2) is 0 Å². The number of non-ortho nitro benzene ring substituents is 1. The van der Waals surface area contributed by atoms with E-state index in [9.17, 15) is 24.5 Å². The first-order chi connectivity index (χ1) is 16.8. The van der Waals surface area contributed by atoms with E-state index in [1.165, 1.54) is 32.2 Å². The Morgan fingerprint density at radius 3 is 2.11 bits per heavy atom. The fourth-order valence-electron chi connectivity index (χ4n) is 6.57.